The van der Waals surface area contributed by atoms with Gasteiger partial charge in [0.2, 0.25) is 5.91 Å². The predicted molar refractivity (Wildman–Crippen MR) is 85.8 cm³/mol. The summed E-state index contributed by atoms with van der Waals surface area (Å²) in [5.41, 5.74) is 8.25. The first-order valence-corrected chi connectivity index (χ1v) is 7.19. The minimum Gasteiger partial charge on any atom is -0.398 e. The molecule has 0 aromatic heterocycles. The Hall–Kier alpha value is -1.55. The van der Waals surface area contributed by atoms with Gasteiger partial charge in [-0.25, -0.2) is 0 Å². The molecule has 1 rings (SSSR count). The fourth-order valence-corrected chi connectivity index (χ4v) is 1.88. The molecule has 1 aromatic rings. The molecule has 0 radical (unpaired) electrons. The van der Waals surface area contributed by atoms with E-state index >= 15 is 0 Å². The maximum Gasteiger partial charge on any atom is 0.241 e. The highest BCUT2D eigenvalue weighted by molar-refractivity contribution is 5.95. The van der Waals surface area contributed by atoms with Crippen molar-refractivity contribution in [2.45, 2.75) is 40.2 Å². The van der Waals surface area contributed by atoms with E-state index in [1.165, 1.54) is 0 Å². The summed E-state index contributed by atoms with van der Waals surface area (Å²) in [5, 5.41) is 2.96. The van der Waals surface area contributed by atoms with Crippen molar-refractivity contribution in [3.8, 4) is 0 Å². The summed E-state index contributed by atoms with van der Waals surface area (Å²) in [6.07, 6.45) is 1.09. The summed E-state index contributed by atoms with van der Waals surface area (Å²) in [6, 6.07) is 5.41. The van der Waals surface area contributed by atoms with E-state index in [0.29, 0.717) is 11.6 Å². The summed E-state index contributed by atoms with van der Waals surface area (Å²) in [6.45, 7) is 9.14. The van der Waals surface area contributed by atoms with Crippen molar-refractivity contribution in [1.29, 1.82) is 0 Å². The number of anilines is 2. The van der Waals surface area contributed by atoms with Gasteiger partial charge in [-0.3, -0.25) is 9.69 Å². The average molecular weight is 277 g/mol. The fourth-order valence-electron chi connectivity index (χ4n) is 1.88. The van der Waals surface area contributed by atoms with Gasteiger partial charge in [0, 0.05) is 11.4 Å². The summed E-state index contributed by atoms with van der Waals surface area (Å²) < 4.78 is 0. The molecule has 1 atom stereocenters. The number of nitrogens with zero attached hydrogens (tertiary/aromatic N) is 1. The minimum atomic E-state index is -0.158. The zero-order valence-corrected chi connectivity index (χ0v) is 13.2. The summed E-state index contributed by atoms with van der Waals surface area (Å²) >= 11 is 0. The van der Waals surface area contributed by atoms with Crippen molar-refractivity contribution in [2.75, 3.05) is 24.6 Å². The van der Waals surface area contributed by atoms with Crippen LogP contribution in [0.15, 0.2) is 18.2 Å². The molecule has 0 aliphatic carbocycles. The Morgan fingerprint density at radius 2 is 2.00 bits per heavy atom. The van der Waals surface area contributed by atoms with Crippen molar-refractivity contribution in [2.24, 2.45) is 5.92 Å². The van der Waals surface area contributed by atoms with Gasteiger partial charge in [-0.15, -0.1) is 0 Å². The Kier molecular flexibility index (Phi) is 6.02. The zero-order chi connectivity index (χ0) is 15.3. The number of nitrogens with one attached hydrogen (secondary N) is 1. The predicted octanol–water partition coefficient (Wildman–Crippen LogP) is 2.88. The van der Waals surface area contributed by atoms with E-state index in [1.54, 1.807) is 0 Å². The topological polar surface area (TPSA) is 58.4 Å². The van der Waals surface area contributed by atoms with E-state index in [4.69, 9.17) is 5.73 Å². The maximum atomic E-state index is 12.3. The molecule has 0 fully saturated rings. The fraction of sp³-hybridized carbons (Fsp3) is 0.562. The Bertz CT molecular complexity index is 457. The van der Waals surface area contributed by atoms with Gasteiger partial charge in [0.15, 0.2) is 0 Å². The van der Waals surface area contributed by atoms with Crippen molar-refractivity contribution in [3.05, 3.63) is 23.8 Å². The van der Waals surface area contributed by atoms with Crippen LogP contribution in [0.25, 0.3) is 0 Å². The SMILES string of the molecule is Cc1c(N)cccc1NC(=O)C(C)N(C)CCC(C)C. The van der Waals surface area contributed by atoms with Gasteiger partial charge in [-0.1, -0.05) is 19.9 Å². The van der Waals surface area contributed by atoms with Gasteiger partial charge in [0.25, 0.3) is 0 Å². The van der Waals surface area contributed by atoms with Crippen LogP contribution in [-0.2, 0) is 4.79 Å². The molecule has 0 saturated heterocycles. The molecule has 1 aromatic carbocycles. The highest BCUT2D eigenvalue weighted by atomic mass is 16.2. The van der Waals surface area contributed by atoms with Crippen molar-refractivity contribution >= 4 is 17.3 Å². The second-order valence-electron chi connectivity index (χ2n) is 5.85. The molecular formula is C16H27N3O. The molecule has 0 bridgehead atoms. The van der Waals surface area contributed by atoms with Gasteiger partial charge in [0.1, 0.15) is 0 Å². The van der Waals surface area contributed by atoms with Crippen LogP contribution >= 0.6 is 0 Å². The Balaban J connectivity index is 2.63. The number of nitrogen functional groups attached to an aromatic ring is 1. The number of carbonyl (C=O) groups excluding carboxylic acids is 1. The number of nitrogens with two attached hydrogens (primary N) is 1. The summed E-state index contributed by atoms with van der Waals surface area (Å²) in [4.78, 5) is 14.3. The third kappa shape index (κ3) is 4.53. The third-order valence-electron chi connectivity index (χ3n) is 3.73. The minimum absolute atomic E-state index is 0.00459. The number of carbonyl (C=O) groups is 1. The van der Waals surface area contributed by atoms with E-state index in [-0.39, 0.29) is 11.9 Å². The number of hydrogen-bond acceptors (Lipinski definition) is 3. The van der Waals surface area contributed by atoms with Gasteiger partial charge in [0.05, 0.1) is 6.04 Å². The number of hydrogen-bond donors (Lipinski definition) is 2. The van der Waals surface area contributed by atoms with Crippen LogP contribution in [-0.4, -0.2) is 30.4 Å². The van der Waals surface area contributed by atoms with E-state index in [2.05, 4.69) is 24.1 Å². The van der Waals surface area contributed by atoms with Crippen LogP contribution in [0.5, 0.6) is 0 Å². The lowest BCUT2D eigenvalue weighted by atomic mass is 10.1. The highest BCUT2D eigenvalue weighted by Crippen LogP contribution is 2.20. The normalized spacial score (nSPS) is 12.8. The second-order valence-corrected chi connectivity index (χ2v) is 5.85. The summed E-state index contributed by atoms with van der Waals surface area (Å²) in [5.74, 6) is 0.647. The van der Waals surface area contributed by atoms with Gasteiger partial charge in [-0.2, -0.15) is 0 Å². The van der Waals surface area contributed by atoms with Crippen LogP contribution < -0.4 is 11.1 Å². The molecule has 20 heavy (non-hydrogen) atoms. The van der Waals surface area contributed by atoms with Gasteiger partial charge < -0.3 is 11.1 Å². The van der Waals surface area contributed by atoms with Crippen LogP contribution in [0.1, 0.15) is 32.8 Å². The lowest BCUT2D eigenvalue weighted by Gasteiger charge is -2.25. The molecular weight excluding hydrogens is 250 g/mol. The van der Waals surface area contributed by atoms with E-state index < -0.39 is 0 Å². The Labute approximate surface area is 122 Å². The summed E-state index contributed by atoms with van der Waals surface area (Å²) in [7, 11) is 1.98. The van der Waals surface area contributed by atoms with Gasteiger partial charge in [-0.05, 0) is 57.5 Å². The molecule has 0 heterocycles. The number of rotatable bonds is 6. The average Bonchev–Trinajstić information content (AvgIpc) is 2.40. The monoisotopic (exact) mass is 277 g/mol. The lowest BCUT2D eigenvalue weighted by Crippen LogP contribution is -2.40. The molecule has 0 saturated carbocycles. The second kappa shape index (κ2) is 7.29. The molecule has 0 aliphatic heterocycles. The lowest BCUT2D eigenvalue weighted by molar-refractivity contribution is -0.120. The number of benzene rings is 1. The molecule has 4 nitrogen and oxygen atoms in total. The van der Waals surface area contributed by atoms with Crippen molar-refractivity contribution in [3.63, 3.8) is 0 Å². The Morgan fingerprint density at radius 3 is 2.60 bits per heavy atom. The van der Waals surface area contributed by atoms with Crippen LogP contribution in [0.2, 0.25) is 0 Å². The van der Waals surface area contributed by atoms with E-state index in [1.807, 2.05) is 39.1 Å². The molecule has 3 N–H and O–H groups in total. The first-order valence-electron chi connectivity index (χ1n) is 7.19. The van der Waals surface area contributed by atoms with Crippen LogP contribution in [0.3, 0.4) is 0 Å². The smallest absolute Gasteiger partial charge is 0.241 e. The maximum absolute atomic E-state index is 12.3. The van der Waals surface area contributed by atoms with E-state index in [0.717, 1.165) is 24.2 Å². The van der Waals surface area contributed by atoms with Crippen molar-refractivity contribution < 1.29 is 4.79 Å². The van der Waals surface area contributed by atoms with Crippen LogP contribution in [0, 0.1) is 12.8 Å². The molecule has 4 heteroatoms. The standard InChI is InChI=1S/C16H27N3O/c1-11(2)9-10-19(5)13(4)16(20)18-15-8-6-7-14(17)12(15)3/h6-8,11,13H,9-10,17H2,1-5H3,(H,18,20). The number of likely N-dealkylation sites (N-methyl/N-ethyl adjacent to an activating group) is 1. The quantitative estimate of drug-likeness (QED) is 0.786. The molecule has 1 amide bonds. The molecule has 1 unspecified atom stereocenters. The first-order chi connectivity index (χ1) is 9.32. The van der Waals surface area contributed by atoms with E-state index in [9.17, 15) is 4.79 Å². The molecule has 112 valence electrons. The Morgan fingerprint density at radius 1 is 1.35 bits per heavy atom. The highest BCUT2D eigenvalue weighted by Gasteiger charge is 2.18. The molecule has 0 aliphatic rings. The third-order valence-corrected chi connectivity index (χ3v) is 3.73. The zero-order valence-electron chi connectivity index (χ0n) is 13.2. The van der Waals surface area contributed by atoms with Crippen molar-refractivity contribution in [1.82, 2.24) is 4.90 Å². The molecule has 0 spiro atoms. The largest absolute Gasteiger partial charge is 0.398 e. The first kappa shape index (κ1) is 16.5. The number of amides is 1. The van der Waals surface area contributed by atoms with Crippen LogP contribution in [0.4, 0.5) is 11.4 Å². The van der Waals surface area contributed by atoms with Gasteiger partial charge >= 0.3 is 0 Å².